The van der Waals surface area contributed by atoms with E-state index in [0.29, 0.717) is 11.1 Å². The molecule has 2 aromatic rings. The molecule has 1 aromatic carbocycles. The van der Waals surface area contributed by atoms with Crippen LogP contribution in [0.5, 0.6) is 0 Å². The van der Waals surface area contributed by atoms with Crippen molar-refractivity contribution in [2.75, 3.05) is 0 Å². The lowest BCUT2D eigenvalue weighted by Crippen LogP contribution is -1.90. The van der Waals surface area contributed by atoms with Crippen molar-refractivity contribution in [3.8, 4) is 0 Å². The summed E-state index contributed by atoms with van der Waals surface area (Å²) in [7, 11) is 1.78. The lowest BCUT2D eigenvalue weighted by Gasteiger charge is -1.95. The SMILES string of the molecule is Cc1cc2c(cc1F)nnn2C. The highest BCUT2D eigenvalue weighted by Gasteiger charge is 2.04. The fourth-order valence-electron chi connectivity index (χ4n) is 1.16. The second kappa shape index (κ2) is 2.27. The number of aryl methyl sites for hydroxylation is 2. The van der Waals surface area contributed by atoms with Gasteiger partial charge in [-0.25, -0.2) is 9.07 Å². The van der Waals surface area contributed by atoms with Crippen LogP contribution in [-0.2, 0) is 7.05 Å². The molecule has 0 radical (unpaired) electrons. The first-order valence-corrected chi connectivity index (χ1v) is 3.64. The van der Waals surface area contributed by atoms with Gasteiger partial charge in [-0.05, 0) is 18.6 Å². The molecule has 0 aliphatic heterocycles. The minimum absolute atomic E-state index is 0.233. The van der Waals surface area contributed by atoms with Crippen LogP contribution in [0, 0.1) is 12.7 Å². The van der Waals surface area contributed by atoms with E-state index in [-0.39, 0.29) is 5.82 Å². The molecule has 0 atom stereocenters. The molecular formula is C8H8FN3. The van der Waals surface area contributed by atoms with Gasteiger partial charge in [-0.15, -0.1) is 5.10 Å². The molecule has 0 aliphatic rings. The first kappa shape index (κ1) is 7.21. The Morgan fingerprint density at radius 3 is 2.92 bits per heavy atom. The monoisotopic (exact) mass is 165 g/mol. The Bertz CT molecular complexity index is 433. The number of fused-ring (bicyclic) bond motifs is 1. The van der Waals surface area contributed by atoms with E-state index >= 15 is 0 Å². The summed E-state index contributed by atoms with van der Waals surface area (Å²) >= 11 is 0. The van der Waals surface area contributed by atoms with Gasteiger partial charge < -0.3 is 0 Å². The van der Waals surface area contributed by atoms with E-state index in [2.05, 4.69) is 10.3 Å². The number of rotatable bonds is 0. The Labute approximate surface area is 68.8 Å². The number of halogens is 1. The third-order valence-electron chi connectivity index (χ3n) is 1.89. The molecule has 0 aliphatic carbocycles. The normalized spacial score (nSPS) is 10.9. The van der Waals surface area contributed by atoms with Crippen molar-refractivity contribution in [1.82, 2.24) is 15.0 Å². The second-order valence-corrected chi connectivity index (χ2v) is 2.80. The van der Waals surface area contributed by atoms with Crippen molar-refractivity contribution in [1.29, 1.82) is 0 Å². The molecule has 62 valence electrons. The molecule has 1 heterocycles. The van der Waals surface area contributed by atoms with Crippen molar-refractivity contribution in [2.45, 2.75) is 6.92 Å². The molecule has 0 spiro atoms. The van der Waals surface area contributed by atoms with Gasteiger partial charge in [0, 0.05) is 13.1 Å². The average Bonchev–Trinajstić information content (AvgIpc) is 2.35. The zero-order valence-electron chi connectivity index (χ0n) is 6.87. The minimum atomic E-state index is -0.233. The zero-order valence-corrected chi connectivity index (χ0v) is 6.87. The van der Waals surface area contributed by atoms with Crippen LogP contribution in [0.15, 0.2) is 12.1 Å². The summed E-state index contributed by atoms with van der Waals surface area (Å²) in [4.78, 5) is 0. The van der Waals surface area contributed by atoms with Crippen LogP contribution >= 0.6 is 0 Å². The summed E-state index contributed by atoms with van der Waals surface area (Å²) in [6.45, 7) is 1.72. The summed E-state index contributed by atoms with van der Waals surface area (Å²) < 4.78 is 14.6. The smallest absolute Gasteiger partial charge is 0.128 e. The molecular weight excluding hydrogens is 157 g/mol. The maximum atomic E-state index is 13.0. The van der Waals surface area contributed by atoms with Crippen LogP contribution in [-0.4, -0.2) is 15.0 Å². The van der Waals surface area contributed by atoms with Gasteiger partial charge >= 0.3 is 0 Å². The van der Waals surface area contributed by atoms with Crippen molar-refractivity contribution in [3.05, 3.63) is 23.5 Å². The van der Waals surface area contributed by atoms with E-state index in [9.17, 15) is 4.39 Å². The summed E-state index contributed by atoms with van der Waals surface area (Å²) in [6, 6.07) is 3.14. The van der Waals surface area contributed by atoms with Gasteiger partial charge in [-0.3, -0.25) is 0 Å². The summed E-state index contributed by atoms with van der Waals surface area (Å²) in [5.41, 5.74) is 2.07. The van der Waals surface area contributed by atoms with Crippen LogP contribution in [0.1, 0.15) is 5.56 Å². The van der Waals surface area contributed by atoms with Gasteiger partial charge in [-0.2, -0.15) is 0 Å². The number of benzene rings is 1. The van der Waals surface area contributed by atoms with Gasteiger partial charge in [0.05, 0.1) is 5.52 Å². The first-order chi connectivity index (χ1) is 5.68. The third-order valence-corrected chi connectivity index (χ3v) is 1.89. The van der Waals surface area contributed by atoms with E-state index in [1.165, 1.54) is 6.07 Å². The van der Waals surface area contributed by atoms with Crippen LogP contribution in [0.2, 0.25) is 0 Å². The molecule has 0 saturated carbocycles. The standard InChI is InChI=1S/C8H8FN3/c1-5-3-8-7(4-6(5)9)10-11-12(8)2/h3-4H,1-2H3. The Morgan fingerprint density at radius 2 is 2.17 bits per heavy atom. The van der Waals surface area contributed by atoms with Crippen LogP contribution in [0.25, 0.3) is 11.0 Å². The maximum absolute atomic E-state index is 13.0. The molecule has 0 unspecified atom stereocenters. The average molecular weight is 165 g/mol. The Balaban J connectivity index is 2.87. The Kier molecular flexibility index (Phi) is 1.36. The fourth-order valence-corrected chi connectivity index (χ4v) is 1.16. The zero-order chi connectivity index (χ0) is 8.72. The maximum Gasteiger partial charge on any atom is 0.128 e. The predicted molar refractivity (Wildman–Crippen MR) is 43.2 cm³/mol. The second-order valence-electron chi connectivity index (χ2n) is 2.80. The quantitative estimate of drug-likeness (QED) is 0.591. The summed E-state index contributed by atoms with van der Waals surface area (Å²) in [6.07, 6.45) is 0. The van der Waals surface area contributed by atoms with E-state index in [0.717, 1.165) is 5.52 Å². The van der Waals surface area contributed by atoms with Gasteiger partial charge in [-0.1, -0.05) is 5.21 Å². The molecule has 0 amide bonds. The van der Waals surface area contributed by atoms with Crippen molar-refractivity contribution < 1.29 is 4.39 Å². The predicted octanol–water partition coefficient (Wildman–Crippen LogP) is 1.42. The topological polar surface area (TPSA) is 30.7 Å². The van der Waals surface area contributed by atoms with Crippen molar-refractivity contribution in [3.63, 3.8) is 0 Å². The van der Waals surface area contributed by atoms with Crippen LogP contribution in [0.3, 0.4) is 0 Å². The van der Waals surface area contributed by atoms with Gasteiger partial charge in [0.25, 0.3) is 0 Å². The minimum Gasteiger partial charge on any atom is -0.248 e. The molecule has 0 bridgehead atoms. The molecule has 2 rings (SSSR count). The summed E-state index contributed by atoms with van der Waals surface area (Å²) in [5.74, 6) is -0.233. The number of hydrogen-bond acceptors (Lipinski definition) is 2. The lowest BCUT2D eigenvalue weighted by atomic mass is 10.2. The van der Waals surface area contributed by atoms with E-state index in [1.54, 1.807) is 24.7 Å². The Hall–Kier alpha value is -1.45. The molecule has 4 heteroatoms. The van der Waals surface area contributed by atoms with Gasteiger partial charge in [0.1, 0.15) is 11.3 Å². The van der Waals surface area contributed by atoms with Gasteiger partial charge in [0.15, 0.2) is 0 Å². The largest absolute Gasteiger partial charge is 0.248 e. The van der Waals surface area contributed by atoms with Crippen LogP contribution in [0.4, 0.5) is 4.39 Å². The molecule has 12 heavy (non-hydrogen) atoms. The molecule has 0 saturated heterocycles. The lowest BCUT2D eigenvalue weighted by molar-refractivity contribution is 0.620. The number of aromatic nitrogens is 3. The molecule has 1 aromatic heterocycles. The van der Waals surface area contributed by atoms with E-state index in [1.807, 2.05) is 0 Å². The Morgan fingerprint density at radius 1 is 1.42 bits per heavy atom. The van der Waals surface area contributed by atoms with E-state index < -0.39 is 0 Å². The highest BCUT2D eigenvalue weighted by molar-refractivity contribution is 5.75. The summed E-state index contributed by atoms with van der Waals surface area (Å²) in [5, 5.41) is 7.57. The number of hydrogen-bond donors (Lipinski definition) is 0. The van der Waals surface area contributed by atoms with E-state index in [4.69, 9.17) is 0 Å². The molecule has 0 N–H and O–H groups in total. The highest BCUT2D eigenvalue weighted by atomic mass is 19.1. The molecule has 0 fully saturated rings. The van der Waals surface area contributed by atoms with Crippen molar-refractivity contribution >= 4 is 11.0 Å². The molecule has 3 nitrogen and oxygen atoms in total. The fraction of sp³-hybridized carbons (Fsp3) is 0.250. The van der Waals surface area contributed by atoms with Crippen LogP contribution < -0.4 is 0 Å². The third kappa shape index (κ3) is 0.879. The highest BCUT2D eigenvalue weighted by Crippen LogP contribution is 2.15. The van der Waals surface area contributed by atoms with Gasteiger partial charge in [0.2, 0.25) is 0 Å². The first-order valence-electron chi connectivity index (χ1n) is 3.64. The number of nitrogens with zero attached hydrogens (tertiary/aromatic N) is 3. The van der Waals surface area contributed by atoms with Crippen molar-refractivity contribution in [2.24, 2.45) is 7.05 Å².